The van der Waals surface area contributed by atoms with Gasteiger partial charge in [-0.1, -0.05) is 54.1 Å². The molecule has 0 unspecified atom stereocenters. The highest BCUT2D eigenvalue weighted by Gasteiger charge is 2.33. The van der Waals surface area contributed by atoms with Gasteiger partial charge in [-0.2, -0.15) is 0 Å². The molecule has 0 bridgehead atoms. The van der Waals surface area contributed by atoms with Crippen LogP contribution in [0.4, 0.5) is 4.39 Å². The quantitative estimate of drug-likeness (QED) is 0.513. The summed E-state index contributed by atoms with van der Waals surface area (Å²) in [6.45, 7) is 8.47. The molecule has 0 N–H and O–H groups in total. The van der Waals surface area contributed by atoms with Gasteiger partial charge in [-0.15, -0.1) is 0 Å². The third-order valence-electron chi connectivity index (χ3n) is 5.62. The van der Waals surface area contributed by atoms with Gasteiger partial charge >= 0.3 is 0 Å². The Morgan fingerprint density at radius 3 is 2.17 bits per heavy atom. The lowest BCUT2D eigenvalue weighted by molar-refractivity contribution is 0.125. The minimum absolute atomic E-state index is 0.123. The van der Waals surface area contributed by atoms with Gasteiger partial charge in [-0.25, -0.2) is 4.39 Å². The molecule has 3 aromatic carbocycles. The van der Waals surface area contributed by atoms with Gasteiger partial charge in [0.25, 0.3) is 0 Å². The van der Waals surface area contributed by atoms with Crippen LogP contribution in [0.5, 0.6) is 5.75 Å². The smallest absolute Gasteiger partial charge is 0.123 e. The molecule has 0 spiro atoms. The van der Waals surface area contributed by atoms with E-state index in [1.807, 2.05) is 31.2 Å². The van der Waals surface area contributed by atoms with Crippen LogP contribution in [0, 0.1) is 12.7 Å². The second kappa shape index (κ2) is 9.41. The van der Waals surface area contributed by atoms with Crippen LogP contribution in [-0.2, 0) is 13.1 Å². The third kappa shape index (κ3) is 4.89. The molecule has 1 aliphatic rings. The van der Waals surface area contributed by atoms with Crippen molar-refractivity contribution in [3.8, 4) is 5.75 Å². The van der Waals surface area contributed by atoms with E-state index in [4.69, 9.17) is 4.74 Å². The molecular weight excluding hydrogens is 375 g/mol. The van der Waals surface area contributed by atoms with Crippen molar-refractivity contribution in [2.24, 2.45) is 0 Å². The van der Waals surface area contributed by atoms with Crippen molar-refractivity contribution in [2.75, 3.05) is 19.7 Å². The molecule has 1 aliphatic heterocycles. The normalized spacial score (nSPS) is 17.4. The predicted molar refractivity (Wildman–Crippen MR) is 119 cm³/mol. The van der Waals surface area contributed by atoms with E-state index in [2.05, 4.69) is 53.1 Å². The second-order valence-corrected chi connectivity index (χ2v) is 7.93. The number of ether oxygens (including phenoxy) is 1. The topological polar surface area (TPSA) is 15.7 Å². The molecule has 156 valence electrons. The summed E-state index contributed by atoms with van der Waals surface area (Å²) in [7, 11) is 0. The second-order valence-electron chi connectivity index (χ2n) is 7.93. The largest absolute Gasteiger partial charge is 0.494 e. The number of nitrogens with zero attached hydrogens (tertiary/aromatic N) is 2. The Balaban J connectivity index is 1.56. The van der Waals surface area contributed by atoms with Gasteiger partial charge < -0.3 is 4.74 Å². The molecule has 4 rings (SSSR count). The Kier molecular flexibility index (Phi) is 6.46. The highest BCUT2D eigenvalue weighted by atomic mass is 19.1. The van der Waals surface area contributed by atoms with Gasteiger partial charge in [-0.05, 0) is 54.8 Å². The fraction of sp³-hybridized carbons (Fsp3) is 0.308. The first-order valence-corrected chi connectivity index (χ1v) is 10.6. The Hall–Kier alpha value is -2.69. The van der Waals surface area contributed by atoms with E-state index < -0.39 is 0 Å². The molecule has 3 nitrogen and oxygen atoms in total. The van der Waals surface area contributed by atoms with E-state index in [0.29, 0.717) is 6.61 Å². The Morgan fingerprint density at radius 2 is 1.53 bits per heavy atom. The summed E-state index contributed by atoms with van der Waals surface area (Å²) in [5, 5.41) is 0. The fourth-order valence-electron chi connectivity index (χ4n) is 4.26. The van der Waals surface area contributed by atoms with Gasteiger partial charge in [0.1, 0.15) is 11.6 Å². The van der Waals surface area contributed by atoms with Crippen molar-refractivity contribution >= 4 is 0 Å². The van der Waals surface area contributed by atoms with Crippen LogP contribution >= 0.6 is 0 Å². The summed E-state index contributed by atoms with van der Waals surface area (Å²) < 4.78 is 19.1. The number of hydrogen-bond acceptors (Lipinski definition) is 3. The summed E-state index contributed by atoms with van der Waals surface area (Å²) >= 11 is 0. The first-order valence-electron chi connectivity index (χ1n) is 10.6. The fourth-order valence-corrected chi connectivity index (χ4v) is 4.26. The Morgan fingerprint density at radius 1 is 0.867 bits per heavy atom. The molecule has 30 heavy (non-hydrogen) atoms. The van der Waals surface area contributed by atoms with Gasteiger partial charge in [0, 0.05) is 26.2 Å². The Labute approximate surface area is 178 Å². The van der Waals surface area contributed by atoms with Crippen molar-refractivity contribution in [2.45, 2.75) is 33.1 Å². The van der Waals surface area contributed by atoms with Crippen molar-refractivity contribution in [3.05, 3.63) is 101 Å². The standard InChI is InChI=1S/C26H29FN2O/c1-3-30-25-13-7-21(8-14-25)18-28-15-16-29(19-22-6-4-5-20(2)17-22)26(28)23-9-11-24(27)12-10-23/h4-14,17,26H,3,15-16,18-19H2,1-2H3/t26-/m0/s1. The van der Waals surface area contributed by atoms with Gasteiger partial charge in [0.2, 0.25) is 0 Å². The molecule has 0 radical (unpaired) electrons. The van der Waals surface area contributed by atoms with Crippen LogP contribution in [0.1, 0.15) is 35.3 Å². The summed E-state index contributed by atoms with van der Waals surface area (Å²) in [6.07, 6.45) is 0.123. The van der Waals surface area contributed by atoms with E-state index in [1.165, 1.54) is 16.7 Å². The number of hydrogen-bond donors (Lipinski definition) is 0. The predicted octanol–water partition coefficient (Wildman–Crippen LogP) is 5.55. The summed E-state index contributed by atoms with van der Waals surface area (Å²) in [5.74, 6) is 0.707. The number of rotatable bonds is 7. The maximum Gasteiger partial charge on any atom is 0.123 e. The van der Waals surface area contributed by atoms with E-state index in [0.717, 1.165) is 37.5 Å². The average Bonchev–Trinajstić information content (AvgIpc) is 3.12. The first kappa shape index (κ1) is 20.6. The molecule has 0 amide bonds. The van der Waals surface area contributed by atoms with E-state index in [9.17, 15) is 4.39 Å². The minimum atomic E-state index is -0.194. The monoisotopic (exact) mass is 404 g/mol. The molecule has 3 aromatic rings. The van der Waals surface area contributed by atoms with Gasteiger partial charge in [-0.3, -0.25) is 9.80 Å². The van der Waals surface area contributed by atoms with Crippen molar-refractivity contribution < 1.29 is 9.13 Å². The average molecular weight is 405 g/mol. The van der Waals surface area contributed by atoms with E-state index in [-0.39, 0.29) is 12.0 Å². The molecular formula is C26H29FN2O. The van der Waals surface area contributed by atoms with E-state index in [1.54, 1.807) is 12.1 Å². The van der Waals surface area contributed by atoms with Crippen LogP contribution in [0.15, 0.2) is 72.8 Å². The lowest BCUT2D eigenvalue weighted by atomic mass is 10.1. The number of aryl methyl sites for hydroxylation is 1. The first-order chi connectivity index (χ1) is 14.6. The molecule has 1 saturated heterocycles. The lowest BCUT2D eigenvalue weighted by Crippen LogP contribution is -2.30. The maximum absolute atomic E-state index is 13.6. The van der Waals surface area contributed by atoms with Crippen LogP contribution in [0.25, 0.3) is 0 Å². The SMILES string of the molecule is CCOc1ccc(CN2CCN(Cc3cccc(C)c3)[C@H]2c2ccc(F)cc2)cc1. The summed E-state index contributed by atoms with van der Waals surface area (Å²) in [4.78, 5) is 4.95. The number of benzene rings is 3. The highest BCUT2D eigenvalue weighted by Crippen LogP contribution is 2.33. The molecule has 1 fully saturated rings. The van der Waals surface area contributed by atoms with Crippen molar-refractivity contribution in [3.63, 3.8) is 0 Å². The molecule has 0 saturated carbocycles. The maximum atomic E-state index is 13.6. The molecule has 4 heteroatoms. The van der Waals surface area contributed by atoms with Crippen LogP contribution in [0.2, 0.25) is 0 Å². The van der Waals surface area contributed by atoms with Crippen molar-refractivity contribution in [1.29, 1.82) is 0 Å². The van der Waals surface area contributed by atoms with Crippen molar-refractivity contribution in [1.82, 2.24) is 9.80 Å². The summed E-state index contributed by atoms with van der Waals surface area (Å²) in [5.41, 5.74) is 4.97. The third-order valence-corrected chi connectivity index (χ3v) is 5.62. The molecule has 1 atom stereocenters. The minimum Gasteiger partial charge on any atom is -0.494 e. The van der Waals surface area contributed by atoms with Crippen LogP contribution in [-0.4, -0.2) is 29.5 Å². The van der Waals surface area contributed by atoms with Gasteiger partial charge in [0.05, 0.1) is 12.8 Å². The van der Waals surface area contributed by atoms with Gasteiger partial charge in [0.15, 0.2) is 0 Å². The van der Waals surface area contributed by atoms with E-state index >= 15 is 0 Å². The zero-order valence-electron chi connectivity index (χ0n) is 17.7. The molecule has 0 aromatic heterocycles. The summed E-state index contributed by atoms with van der Waals surface area (Å²) in [6, 6.07) is 24.0. The molecule has 0 aliphatic carbocycles. The van der Waals surface area contributed by atoms with Crippen LogP contribution in [0.3, 0.4) is 0 Å². The number of halogens is 1. The van der Waals surface area contributed by atoms with Crippen LogP contribution < -0.4 is 4.74 Å². The zero-order chi connectivity index (χ0) is 20.9. The lowest BCUT2D eigenvalue weighted by Gasteiger charge is -2.31. The highest BCUT2D eigenvalue weighted by molar-refractivity contribution is 5.28. The zero-order valence-corrected chi connectivity index (χ0v) is 17.7. The Bertz CT molecular complexity index is 956. The molecule has 1 heterocycles.